The van der Waals surface area contributed by atoms with Crippen LogP contribution in [0.4, 0.5) is 0 Å². The number of rotatable bonds is 14. The summed E-state index contributed by atoms with van der Waals surface area (Å²) in [5.74, 6) is 1.06. The number of aliphatic imine (C=N–C) groups is 2. The number of thiophene rings is 1. The largest absolute Gasteiger partial charge is 0.383 e. The second-order valence-electron chi connectivity index (χ2n) is 12.4. The Morgan fingerprint density at radius 2 is 1.38 bits per heavy atom. The molecule has 3 aromatic carbocycles. The fraction of sp³-hybridized carbons (Fsp3) is 0.224. The fourth-order valence-corrected chi connectivity index (χ4v) is 6.73. The summed E-state index contributed by atoms with van der Waals surface area (Å²) in [5.41, 5.74) is 17.5. The Morgan fingerprint density at radius 3 is 2.00 bits per heavy atom. The molecule has 0 saturated carbocycles. The molecule has 0 aliphatic carbocycles. The molecule has 0 aliphatic rings. The molecule has 0 saturated heterocycles. The van der Waals surface area contributed by atoms with E-state index in [0.29, 0.717) is 18.2 Å². The minimum atomic E-state index is 0.443. The predicted octanol–water partition coefficient (Wildman–Crippen LogP) is 13.9. The van der Waals surface area contributed by atoms with Gasteiger partial charge in [0, 0.05) is 26.1 Å². The second kappa shape index (κ2) is 21.9. The normalized spacial score (nSPS) is 13.5. The SMILES string of the molecule is C=C(/C=C\C(=C)/C(=C/C=C(C)/C(=C/c1c(C)sc2cccc(CN=C(N=C(N)c3ccccc3)c3ccccc3)c12)CC)CC)/C(C)=C/C=C\C.CC. The molecule has 0 radical (unpaired) electrons. The van der Waals surface area contributed by atoms with Crippen LogP contribution in [0, 0.1) is 6.92 Å². The van der Waals surface area contributed by atoms with Crippen LogP contribution in [-0.2, 0) is 6.54 Å². The number of allylic oxidation sites excluding steroid dienone is 13. The number of hydrogen-bond acceptors (Lipinski definition) is 2. The fourth-order valence-electron chi connectivity index (χ4n) is 5.64. The second-order valence-corrected chi connectivity index (χ2v) is 13.7. The Kier molecular flexibility index (Phi) is 17.4. The van der Waals surface area contributed by atoms with Crippen LogP contribution in [-0.4, -0.2) is 11.7 Å². The van der Waals surface area contributed by atoms with Crippen LogP contribution < -0.4 is 5.73 Å². The zero-order chi connectivity index (χ0) is 38.8. The van der Waals surface area contributed by atoms with Gasteiger partial charge in [-0.1, -0.05) is 156 Å². The maximum atomic E-state index is 6.48. The van der Waals surface area contributed by atoms with Crippen molar-refractivity contribution in [3.05, 3.63) is 195 Å². The maximum absolute atomic E-state index is 6.48. The molecule has 4 rings (SSSR count). The van der Waals surface area contributed by atoms with Crippen molar-refractivity contribution in [3.8, 4) is 0 Å². The van der Waals surface area contributed by atoms with Crippen LogP contribution in [0.15, 0.2) is 178 Å². The third kappa shape index (κ3) is 12.1. The van der Waals surface area contributed by atoms with Gasteiger partial charge in [-0.2, -0.15) is 0 Å². The molecule has 0 spiro atoms. The lowest BCUT2D eigenvalue weighted by Crippen LogP contribution is -2.16. The highest BCUT2D eigenvalue weighted by molar-refractivity contribution is 7.19. The molecule has 3 nitrogen and oxygen atoms in total. The molecule has 4 heteroatoms. The maximum Gasteiger partial charge on any atom is 0.157 e. The van der Waals surface area contributed by atoms with E-state index < -0.39 is 0 Å². The number of benzene rings is 3. The third-order valence-corrected chi connectivity index (χ3v) is 9.90. The van der Waals surface area contributed by atoms with E-state index in [1.807, 2.05) is 105 Å². The number of nitrogens with zero attached hydrogens (tertiary/aromatic N) is 2. The Bertz CT molecular complexity index is 2090. The molecular formula is C49H57N3S. The van der Waals surface area contributed by atoms with Crippen LogP contribution in [0.2, 0.25) is 0 Å². The van der Waals surface area contributed by atoms with Crippen LogP contribution in [0.5, 0.6) is 0 Å². The van der Waals surface area contributed by atoms with Gasteiger partial charge in [0.2, 0.25) is 0 Å². The molecule has 2 N–H and O–H groups in total. The molecule has 0 bridgehead atoms. The van der Waals surface area contributed by atoms with Crippen LogP contribution in [0.1, 0.15) is 88.4 Å². The lowest BCUT2D eigenvalue weighted by atomic mass is 9.97. The van der Waals surface area contributed by atoms with E-state index >= 15 is 0 Å². The number of amidine groups is 2. The Hall–Kier alpha value is -5.32. The molecule has 4 aromatic rings. The van der Waals surface area contributed by atoms with Crippen molar-refractivity contribution in [1.29, 1.82) is 0 Å². The lowest BCUT2D eigenvalue weighted by molar-refractivity contribution is 1.07. The standard InChI is InChI=1S/C47H51N3S.C2H6/c1-9-12-20-33(4)34(5)27-28-35(6)38(10-2)30-29-36(7)39(11-3)31-43-37(8)51-44-26-19-25-42(45(43)44)32-49-47(41-23-17-14-18-24-41)50-46(48)40-21-15-13-16-22-40;1-2/h9,12-31H,5-6,10-11,32H2,1-4,7-8H3,(H2,48,49,50);1-2H3/b12-9-,28-27-,33-20+,36-29+,38-30+,39-31+;. The van der Waals surface area contributed by atoms with Crippen molar-refractivity contribution in [3.63, 3.8) is 0 Å². The van der Waals surface area contributed by atoms with Gasteiger partial charge in [-0.3, -0.25) is 4.99 Å². The Balaban J connectivity index is 0.00000372. The van der Waals surface area contributed by atoms with Gasteiger partial charge in [-0.15, -0.1) is 11.3 Å². The Labute approximate surface area is 323 Å². The average molecular weight is 720 g/mol. The summed E-state index contributed by atoms with van der Waals surface area (Å²) in [6, 6.07) is 26.4. The first kappa shape index (κ1) is 42.1. The molecule has 53 heavy (non-hydrogen) atoms. The van der Waals surface area contributed by atoms with Crippen LogP contribution in [0.3, 0.4) is 0 Å². The molecule has 274 valence electrons. The molecule has 1 heterocycles. The molecule has 1 aromatic heterocycles. The topological polar surface area (TPSA) is 50.7 Å². The molecule has 0 atom stereocenters. The minimum Gasteiger partial charge on any atom is -0.383 e. The lowest BCUT2D eigenvalue weighted by Gasteiger charge is -2.09. The van der Waals surface area contributed by atoms with Crippen LogP contribution in [0.25, 0.3) is 16.2 Å². The van der Waals surface area contributed by atoms with E-state index in [1.165, 1.54) is 37.2 Å². The van der Waals surface area contributed by atoms with Gasteiger partial charge in [0.05, 0.1) is 6.54 Å². The van der Waals surface area contributed by atoms with Crippen molar-refractivity contribution >= 4 is 39.2 Å². The number of aryl methyl sites for hydroxylation is 1. The van der Waals surface area contributed by atoms with E-state index in [2.05, 4.69) is 102 Å². The van der Waals surface area contributed by atoms with Gasteiger partial charge in [-0.05, 0) is 97.2 Å². The van der Waals surface area contributed by atoms with Crippen molar-refractivity contribution in [2.75, 3.05) is 0 Å². The van der Waals surface area contributed by atoms with Gasteiger partial charge < -0.3 is 5.73 Å². The summed E-state index contributed by atoms with van der Waals surface area (Å²) in [6.45, 7) is 26.0. The minimum absolute atomic E-state index is 0.443. The van der Waals surface area contributed by atoms with Crippen molar-refractivity contribution < 1.29 is 0 Å². The average Bonchev–Trinajstić information content (AvgIpc) is 3.52. The first-order valence-electron chi connectivity index (χ1n) is 18.6. The van der Waals surface area contributed by atoms with E-state index in [4.69, 9.17) is 15.7 Å². The Morgan fingerprint density at radius 1 is 0.755 bits per heavy atom. The van der Waals surface area contributed by atoms with Crippen molar-refractivity contribution in [2.45, 2.75) is 74.8 Å². The summed E-state index contributed by atoms with van der Waals surface area (Å²) >= 11 is 1.83. The monoisotopic (exact) mass is 719 g/mol. The van der Waals surface area contributed by atoms with E-state index in [1.54, 1.807) is 0 Å². The van der Waals surface area contributed by atoms with Gasteiger partial charge >= 0.3 is 0 Å². The highest BCUT2D eigenvalue weighted by Crippen LogP contribution is 2.36. The number of hydrogen-bond donors (Lipinski definition) is 1. The zero-order valence-electron chi connectivity index (χ0n) is 33.0. The summed E-state index contributed by atoms with van der Waals surface area (Å²) in [4.78, 5) is 11.2. The molecular weight excluding hydrogens is 663 g/mol. The summed E-state index contributed by atoms with van der Waals surface area (Å²) in [7, 11) is 0. The highest BCUT2D eigenvalue weighted by Gasteiger charge is 2.13. The zero-order valence-corrected chi connectivity index (χ0v) is 33.9. The molecule has 0 fully saturated rings. The quantitative estimate of drug-likeness (QED) is 0.0787. The number of fused-ring (bicyclic) bond motifs is 1. The highest BCUT2D eigenvalue weighted by atomic mass is 32.1. The summed E-state index contributed by atoms with van der Waals surface area (Å²) < 4.78 is 1.26. The van der Waals surface area contributed by atoms with Gasteiger partial charge in [0.15, 0.2) is 5.84 Å². The molecule has 0 aliphatic heterocycles. The smallest absolute Gasteiger partial charge is 0.157 e. The van der Waals surface area contributed by atoms with E-state index in [0.717, 1.165) is 46.3 Å². The summed E-state index contributed by atoms with van der Waals surface area (Å²) in [6.07, 6.45) is 18.9. The number of nitrogens with two attached hydrogens (primary N) is 1. The first-order valence-corrected chi connectivity index (χ1v) is 19.4. The van der Waals surface area contributed by atoms with E-state index in [-0.39, 0.29) is 0 Å². The molecule has 0 unspecified atom stereocenters. The molecule has 0 amide bonds. The third-order valence-electron chi connectivity index (χ3n) is 8.82. The van der Waals surface area contributed by atoms with Crippen LogP contribution >= 0.6 is 11.3 Å². The summed E-state index contributed by atoms with van der Waals surface area (Å²) in [5, 5.41) is 1.25. The first-order chi connectivity index (χ1) is 25.7. The predicted molar refractivity (Wildman–Crippen MR) is 238 cm³/mol. The van der Waals surface area contributed by atoms with Gasteiger partial charge in [-0.25, -0.2) is 4.99 Å². The van der Waals surface area contributed by atoms with Gasteiger partial charge in [0.1, 0.15) is 5.84 Å². The van der Waals surface area contributed by atoms with Crippen molar-refractivity contribution in [2.24, 2.45) is 15.7 Å². The van der Waals surface area contributed by atoms with E-state index in [9.17, 15) is 0 Å². The van der Waals surface area contributed by atoms with Gasteiger partial charge in [0.25, 0.3) is 0 Å². The van der Waals surface area contributed by atoms with Crippen molar-refractivity contribution in [1.82, 2.24) is 0 Å².